The molecule has 1 N–H and O–H groups in total. The van der Waals surface area contributed by atoms with Gasteiger partial charge >= 0.3 is 6.03 Å². The zero-order valence-corrected chi connectivity index (χ0v) is 14.6. The van der Waals surface area contributed by atoms with Crippen LogP contribution in [0, 0.1) is 6.92 Å². The Morgan fingerprint density at radius 3 is 2.39 bits per heavy atom. The Kier molecular flexibility index (Phi) is 6.01. The number of aryl methyl sites for hydroxylation is 1. The molecule has 6 nitrogen and oxygen atoms in total. The van der Waals surface area contributed by atoms with Crippen molar-refractivity contribution in [1.82, 2.24) is 14.5 Å². The molecule has 1 heterocycles. The van der Waals surface area contributed by atoms with Crippen LogP contribution in [0.4, 0.5) is 4.79 Å². The number of urea groups is 1. The molecule has 0 radical (unpaired) electrons. The number of piperidine rings is 1. The summed E-state index contributed by atoms with van der Waals surface area (Å²) in [4.78, 5) is 15.9. The standard InChI is InChI=1S/C16H25N3O3S/c1-14-6-8-15(9-7-14)23(21,22)17-16(20)18(2)12-13-19-10-4-3-5-11-19/h6-9H,3-5,10-13H2,1-2H3,(H,17,20). The van der Waals surface area contributed by atoms with Gasteiger partial charge in [0.2, 0.25) is 0 Å². The predicted molar refractivity (Wildman–Crippen MR) is 89.8 cm³/mol. The van der Waals surface area contributed by atoms with Crippen molar-refractivity contribution in [3.63, 3.8) is 0 Å². The molecule has 0 atom stereocenters. The number of benzene rings is 1. The molecule has 0 spiro atoms. The Labute approximate surface area is 138 Å². The highest BCUT2D eigenvalue weighted by molar-refractivity contribution is 7.90. The van der Waals surface area contributed by atoms with Crippen LogP contribution >= 0.6 is 0 Å². The summed E-state index contributed by atoms with van der Waals surface area (Å²) in [5.74, 6) is 0. The van der Waals surface area contributed by atoms with E-state index in [-0.39, 0.29) is 4.90 Å². The van der Waals surface area contributed by atoms with Gasteiger partial charge in [0.05, 0.1) is 4.90 Å². The first kappa shape index (κ1) is 17.7. The monoisotopic (exact) mass is 339 g/mol. The zero-order chi connectivity index (χ0) is 16.9. The fourth-order valence-electron chi connectivity index (χ4n) is 2.55. The molecule has 1 aliphatic rings. The lowest BCUT2D eigenvalue weighted by molar-refractivity contribution is 0.187. The van der Waals surface area contributed by atoms with Gasteiger partial charge < -0.3 is 9.80 Å². The number of carbonyl (C=O) groups excluding carboxylic acids is 1. The fraction of sp³-hybridized carbons (Fsp3) is 0.562. The van der Waals surface area contributed by atoms with E-state index in [2.05, 4.69) is 9.62 Å². The number of rotatable bonds is 5. The summed E-state index contributed by atoms with van der Waals surface area (Å²) in [7, 11) is -2.20. The first-order valence-corrected chi connectivity index (χ1v) is 9.44. The molecule has 2 rings (SSSR count). The van der Waals surface area contributed by atoms with E-state index in [0.29, 0.717) is 6.54 Å². The van der Waals surface area contributed by atoms with Crippen LogP contribution in [0.3, 0.4) is 0 Å². The summed E-state index contributed by atoms with van der Waals surface area (Å²) in [6.45, 7) is 5.27. The van der Waals surface area contributed by atoms with Crippen molar-refractivity contribution < 1.29 is 13.2 Å². The molecule has 1 aromatic rings. The maximum Gasteiger partial charge on any atom is 0.331 e. The van der Waals surface area contributed by atoms with E-state index in [1.54, 1.807) is 19.2 Å². The molecule has 2 amide bonds. The molecule has 1 fully saturated rings. The Bertz CT molecular complexity index is 622. The van der Waals surface area contributed by atoms with Gasteiger partial charge in [0.25, 0.3) is 10.0 Å². The molecular formula is C16H25N3O3S. The molecule has 0 aliphatic carbocycles. The van der Waals surface area contributed by atoms with Gasteiger partial charge in [0.15, 0.2) is 0 Å². The van der Waals surface area contributed by atoms with Gasteiger partial charge in [-0.05, 0) is 45.0 Å². The number of carbonyl (C=O) groups is 1. The minimum Gasteiger partial charge on any atom is -0.326 e. The number of nitrogens with one attached hydrogen (secondary N) is 1. The summed E-state index contributed by atoms with van der Waals surface area (Å²) in [6, 6.07) is 5.82. The fourth-order valence-corrected chi connectivity index (χ4v) is 3.54. The van der Waals surface area contributed by atoms with E-state index < -0.39 is 16.1 Å². The largest absolute Gasteiger partial charge is 0.331 e. The summed E-state index contributed by atoms with van der Waals surface area (Å²) < 4.78 is 26.5. The maximum absolute atomic E-state index is 12.2. The van der Waals surface area contributed by atoms with Gasteiger partial charge in [-0.2, -0.15) is 0 Å². The van der Waals surface area contributed by atoms with Crippen LogP contribution in [0.5, 0.6) is 0 Å². The van der Waals surface area contributed by atoms with Crippen LogP contribution in [0.25, 0.3) is 0 Å². The average molecular weight is 339 g/mol. The van der Waals surface area contributed by atoms with Crippen molar-refractivity contribution in [2.24, 2.45) is 0 Å². The highest BCUT2D eigenvalue weighted by Crippen LogP contribution is 2.11. The van der Waals surface area contributed by atoms with Crippen molar-refractivity contribution in [2.45, 2.75) is 31.1 Å². The minimum atomic E-state index is -3.82. The predicted octanol–water partition coefficient (Wildman–Crippen LogP) is 1.81. The van der Waals surface area contributed by atoms with Crippen molar-refractivity contribution in [2.75, 3.05) is 33.2 Å². The molecule has 128 valence electrons. The van der Waals surface area contributed by atoms with E-state index in [4.69, 9.17) is 0 Å². The van der Waals surface area contributed by atoms with Gasteiger partial charge in [-0.15, -0.1) is 0 Å². The zero-order valence-electron chi connectivity index (χ0n) is 13.8. The van der Waals surface area contributed by atoms with E-state index in [0.717, 1.165) is 25.2 Å². The molecule has 7 heteroatoms. The second-order valence-corrected chi connectivity index (χ2v) is 7.73. The summed E-state index contributed by atoms with van der Waals surface area (Å²) >= 11 is 0. The molecular weight excluding hydrogens is 314 g/mol. The van der Waals surface area contributed by atoms with Crippen LogP contribution in [0.2, 0.25) is 0 Å². The van der Waals surface area contributed by atoms with Crippen LogP contribution in [-0.4, -0.2) is 57.5 Å². The molecule has 0 bridgehead atoms. The third-order valence-electron chi connectivity index (χ3n) is 4.10. The van der Waals surface area contributed by atoms with Gasteiger partial charge in [0.1, 0.15) is 0 Å². The minimum absolute atomic E-state index is 0.0980. The van der Waals surface area contributed by atoms with Gasteiger partial charge in [0, 0.05) is 20.1 Å². The van der Waals surface area contributed by atoms with Crippen LogP contribution in [0.15, 0.2) is 29.2 Å². The SMILES string of the molecule is Cc1ccc(S(=O)(=O)NC(=O)N(C)CCN2CCCCC2)cc1. The van der Waals surface area contributed by atoms with Crippen molar-refractivity contribution in [3.05, 3.63) is 29.8 Å². The number of likely N-dealkylation sites (tertiary alicyclic amines) is 1. The van der Waals surface area contributed by atoms with Crippen LogP contribution in [0.1, 0.15) is 24.8 Å². The number of hydrogen-bond donors (Lipinski definition) is 1. The summed E-state index contributed by atoms with van der Waals surface area (Å²) in [5, 5.41) is 0. The molecule has 1 aromatic carbocycles. The number of hydrogen-bond acceptors (Lipinski definition) is 4. The molecule has 0 saturated carbocycles. The van der Waals surface area contributed by atoms with Crippen LogP contribution < -0.4 is 4.72 Å². The topological polar surface area (TPSA) is 69.7 Å². The molecule has 1 saturated heterocycles. The lowest BCUT2D eigenvalue weighted by Gasteiger charge is -2.28. The lowest BCUT2D eigenvalue weighted by atomic mass is 10.1. The molecule has 0 aromatic heterocycles. The number of likely N-dealkylation sites (N-methyl/N-ethyl adjacent to an activating group) is 1. The highest BCUT2D eigenvalue weighted by Gasteiger charge is 2.20. The second-order valence-electron chi connectivity index (χ2n) is 6.05. The lowest BCUT2D eigenvalue weighted by Crippen LogP contribution is -2.44. The quantitative estimate of drug-likeness (QED) is 0.888. The van der Waals surface area contributed by atoms with Gasteiger partial charge in [-0.1, -0.05) is 24.1 Å². The number of sulfonamides is 1. The van der Waals surface area contributed by atoms with E-state index in [1.165, 1.54) is 36.3 Å². The Hall–Kier alpha value is -1.60. The van der Waals surface area contributed by atoms with Crippen molar-refractivity contribution in [1.29, 1.82) is 0 Å². The Balaban J connectivity index is 1.87. The Morgan fingerprint density at radius 2 is 1.78 bits per heavy atom. The van der Waals surface area contributed by atoms with Gasteiger partial charge in [-0.3, -0.25) is 0 Å². The van der Waals surface area contributed by atoms with Crippen LogP contribution in [-0.2, 0) is 10.0 Å². The highest BCUT2D eigenvalue weighted by atomic mass is 32.2. The number of nitrogens with zero attached hydrogens (tertiary/aromatic N) is 2. The van der Waals surface area contributed by atoms with Crippen molar-refractivity contribution in [3.8, 4) is 0 Å². The van der Waals surface area contributed by atoms with E-state index in [9.17, 15) is 13.2 Å². The smallest absolute Gasteiger partial charge is 0.326 e. The van der Waals surface area contributed by atoms with Crippen molar-refractivity contribution >= 4 is 16.1 Å². The second kappa shape index (κ2) is 7.79. The average Bonchev–Trinajstić information content (AvgIpc) is 2.53. The normalized spacial score (nSPS) is 16.1. The van der Waals surface area contributed by atoms with E-state index in [1.807, 2.05) is 6.92 Å². The molecule has 1 aliphatic heterocycles. The van der Waals surface area contributed by atoms with E-state index >= 15 is 0 Å². The van der Waals surface area contributed by atoms with Gasteiger partial charge in [-0.25, -0.2) is 17.9 Å². The third kappa shape index (κ3) is 5.21. The third-order valence-corrected chi connectivity index (χ3v) is 5.44. The molecule has 0 unspecified atom stereocenters. The molecule has 23 heavy (non-hydrogen) atoms. The number of amides is 2. The summed E-state index contributed by atoms with van der Waals surface area (Å²) in [6.07, 6.45) is 3.65. The maximum atomic E-state index is 12.2. The Morgan fingerprint density at radius 1 is 1.17 bits per heavy atom. The first-order chi connectivity index (χ1) is 10.9. The first-order valence-electron chi connectivity index (χ1n) is 7.95. The summed E-state index contributed by atoms with van der Waals surface area (Å²) in [5.41, 5.74) is 0.967.